The molecule has 4 aromatic rings. The third-order valence-electron chi connectivity index (χ3n) is 7.08. The monoisotopic (exact) mass is 499 g/mol. The lowest BCUT2D eigenvalue weighted by atomic mass is 9.95. The number of carbonyl (C=O) groups is 2. The van der Waals surface area contributed by atoms with Crippen molar-refractivity contribution >= 4 is 28.8 Å². The molecule has 0 aliphatic carbocycles. The first-order valence-electron chi connectivity index (χ1n) is 12.3. The van der Waals surface area contributed by atoms with Crippen LogP contribution in [-0.2, 0) is 22.4 Å². The van der Waals surface area contributed by atoms with E-state index in [1.54, 1.807) is 12.0 Å². The Bertz CT molecular complexity index is 1450. The number of benzene rings is 3. The van der Waals surface area contributed by atoms with Gasteiger partial charge in [0.25, 0.3) is 0 Å². The fourth-order valence-electron chi connectivity index (χ4n) is 5.18. The number of ether oxygens (including phenoxy) is 2. The number of hydrogen-bond acceptors (Lipinski definition) is 5. The second-order valence-corrected chi connectivity index (χ2v) is 9.23. The molecule has 2 atom stereocenters. The summed E-state index contributed by atoms with van der Waals surface area (Å²) >= 11 is 0. The molecule has 8 nitrogen and oxygen atoms in total. The fourth-order valence-corrected chi connectivity index (χ4v) is 5.18. The van der Waals surface area contributed by atoms with E-state index < -0.39 is 18.0 Å². The van der Waals surface area contributed by atoms with Crippen molar-refractivity contribution in [3.63, 3.8) is 0 Å². The molecule has 0 bridgehead atoms. The van der Waals surface area contributed by atoms with E-state index in [1.807, 2.05) is 78.2 Å². The van der Waals surface area contributed by atoms with Crippen molar-refractivity contribution in [3.8, 4) is 11.4 Å². The molecule has 0 radical (unpaired) electrons. The van der Waals surface area contributed by atoms with Crippen molar-refractivity contribution in [2.75, 3.05) is 19.1 Å². The van der Waals surface area contributed by atoms with E-state index >= 15 is 0 Å². The van der Waals surface area contributed by atoms with E-state index in [-0.39, 0.29) is 12.5 Å². The Balaban J connectivity index is 1.70. The number of amides is 1. The van der Waals surface area contributed by atoms with Gasteiger partial charge in [0, 0.05) is 23.7 Å². The molecule has 1 aromatic heterocycles. The second kappa shape index (κ2) is 9.97. The van der Waals surface area contributed by atoms with Gasteiger partial charge in [-0.3, -0.25) is 14.3 Å². The first-order valence-corrected chi connectivity index (χ1v) is 12.3. The SMILES string of the molecule is COC(=O)N1c2ccc3c(nc(C[C@@H](C(=O)O)c4ccccc4)n3-c3ccc(OC)cc3)c2CC[C@@H]1C. The smallest absolute Gasteiger partial charge is 0.414 e. The van der Waals surface area contributed by atoms with Gasteiger partial charge in [0.05, 0.1) is 36.9 Å². The average molecular weight is 500 g/mol. The van der Waals surface area contributed by atoms with Crippen molar-refractivity contribution in [3.05, 3.63) is 83.7 Å². The third-order valence-corrected chi connectivity index (χ3v) is 7.08. The summed E-state index contributed by atoms with van der Waals surface area (Å²) in [5.74, 6) is -0.319. The summed E-state index contributed by atoms with van der Waals surface area (Å²) in [5, 5.41) is 10.1. The summed E-state index contributed by atoms with van der Waals surface area (Å²) in [7, 11) is 3.00. The maximum Gasteiger partial charge on any atom is 0.414 e. The largest absolute Gasteiger partial charge is 0.497 e. The Morgan fingerprint density at radius 1 is 1.05 bits per heavy atom. The molecule has 0 fully saturated rings. The van der Waals surface area contributed by atoms with Gasteiger partial charge in [-0.2, -0.15) is 0 Å². The lowest BCUT2D eigenvalue weighted by Crippen LogP contribution is -2.42. The zero-order valence-corrected chi connectivity index (χ0v) is 21.0. The zero-order chi connectivity index (χ0) is 26.1. The Hall–Kier alpha value is -4.33. The minimum Gasteiger partial charge on any atom is -0.497 e. The normalized spacial score (nSPS) is 15.8. The van der Waals surface area contributed by atoms with Crippen LogP contribution in [0.2, 0.25) is 0 Å². The van der Waals surface area contributed by atoms with Gasteiger partial charge in [-0.1, -0.05) is 30.3 Å². The number of methoxy groups -OCH3 is 2. The molecule has 0 spiro atoms. The van der Waals surface area contributed by atoms with E-state index in [2.05, 4.69) is 0 Å². The molecule has 3 aromatic carbocycles. The van der Waals surface area contributed by atoms with Gasteiger partial charge >= 0.3 is 12.1 Å². The van der Waals surface area contributed by atoms with Crippen LogP contribution in [0.1, 0.15) is 36.2 Å². The predicted molar refractivity (Wildman–Crippen MR) is 141 cm³/mol. The number of aryl methyl sites for hydroxylation is 1. The molecule has 1 N–H and O–H groups in total. The predicted octanol–water partition coefficient (Wildman–Crippen LogP) is 5.35. The third kappa shape index (κ3) is 4.39. The Morgan fingerprint density at radius 3 is 2.43 bits per heavy atom. The maximum atomic E-state index is 12.6. The molecule has 2 heterocycles. The summed E-state index contributed by atoms with van der Waals surface area (Å²) in [4.78, 5) is 31.7. The molecule has 1 amide bonds. The maximum absolute atomic E-state index is 12.6. The van der Waals surface area contributed by atoms with Crippen LogP contribution < -0.4 is 9.64 Å². The van der Waals surface area contributed by atoms with Crippen molar-refractivity contribution in [2.24, 2.45) is 0 Å². The highest BCUT2D eigenvalue weighted by molar-refractivity contribution is 5.96. The first-order chi connectivity index (χ1) is 17.9. The van der Waals surface area contributed by atoms with Gasteiger partial charge < -0.3 is 14.6 Å². The van der Waals surface area contributed by atoms with Crippen LogP contribution in [0.15, 0.2) is 66.7 Å². The lowest BCUT2D eigenvalue weighted by Gasteiger charge is -2.34. The van der Waals surface area contributed by atoms with E-state index in [0.717, 1.165) is 52.1 Å². The van der Waals surface area contributed by atoms with E-state index in [4.69, 9.17) is 14.5 Å². The van der Waals surface area contributed by atoms with Crippen LogP contribution in [0.3, 0.4) is 0 Å². The van der Waals surface area contributed by atoms with Gasteiger partial charge in [0.15, 0.2) is 0 Å². The van der Waals surface area contributed by atoms with Gasteiger partial charge in [-0.25, -0.2) is 9.78 Å². The number of nitrogens with zero attached hydrogens (tertiary/aromatic N) is 3. The number of carboxylic acid groups (broad SMARTS) is 1. The summed E-state index contributed by atoms with van der Waals surface area (Å²) in [6.45, 7) is 2.00. The quantitative estimate of drug-likeness (QED) is 0.384. The van der Waals surface area contributed by atoms with E-state index in [0.29, 0.717) is 5.82 Å². The fraction of sp³-hybridized carbons (Fsp3) is 0.276. The number of aliphatic carboxylic acids is 1. The topological polar surface area (TPSA) is 93.9 Å². The summed E-state index contributed by atoms with van der Waals surface area (Å²) in [5.41, 5.74) is 4.93. The minimum atomic E-state index is -0.910. The van der Waals surface area contributed by atoms with Gasteiger partial charge in [0.2, 0.25) is 0 Å². The molecular formula is C29H29N3O5. The number of fused-ring (bicyclic) bond motifs is 3. The summed E-state index contributed by atoms with van der Waals surface area (Å²) in [6.07, 6.45) is 1.32. The molecule has 37 heavy (non-hydrogen) atoms. The summed E-state index contributed by atoms with van der Waals surface area (Å²) in [6, 6.07) is 20.7. The van der Waals surface area contributed by atoms with Crippen molar-refractivity contribution in [2.45, 2.75) is 38.1 Å². The molecular weight excluding hydrogens is 470 g/mol. The number of anilines is 1. The zero-order valence-electron chi connectivity index (χ0n) is 21.0. The highest BCUT2D eigenvalue weighted by Crippen LogP contribution is 2.38. The van der Waals surface area contributed by atoms with E-state index in [1.165, 1.54) is 7.11 Å². The van der Waals surface area contributed by atoms with Crippen LogP contribution in [0.25, 0.3) is 16.7 Å². The molecule has 0 saturated heterocycles. The van der Waals surface area contributed by atoms with Crippen LogP contribution in [-0.4, -0.2) is 47.0 Å². The van der Waals surface area contributed by atoms with Crippen LogP contribution in [0.5, 0.6) is 5.75 Å². The van der Waals surface area contributed by atoms with Gasteiger partial charge in [0.1, 0.15) is 11.6 Å². The Morgan fingerprint density at radius 2 is 1.78 bits per heavy atom. The lowest BCUT2D eigenvalue weighted by molar-refractivity contribution is -0.138. The number of imidazole rings is 1. The minimum absolute atomic E-state index is 0.00462. The molecule has 1 aliphatic rings. The van der Waals surface area contributed by atoms with Crippen molar-refractivity contribution in [1.29, 1.82) is 0 Å². The highest BCUT2D eigenvalue weighted by Gasteiger charge is 2.32. The standard InChI is InChI=1S/C29H29N3O5/c1-18-9-14-22-24(31(18)29(35)37-3)15-16-25-27(22)30-26(32(25)20-10-12-21(36-2)13-11-20)17-23(28(33)34)19-7-5-4-6-8-19/h4-8,10-13,15-16,18,23H,9,14,17H2,1-3H3,(H,33,34)/t18-,23+/m0/s1. The van der Waals surface area contributed by atoms with Crippen LogP contribution in [0.4, 0.5) is 10.5 Å². The van der Waals surface area contributed by atoms with Crippen molar-refractivity contribution in [1.82, 2.24) is 9.55 Å². The number of rotatable bonds is 6. The molecule has 1 aliphatic heterocycles. The average Bonchev–Trinajstić information content (AvgIpc) is 3.30. The number of carboxylic acids is 1. The van der Waals surface area contributed by atoms with Crippen LogP contribution >= 0.6 is 0 Å². The number of aromatic nitrogens is 2. The number of hydrogen-bond donors (Lipinski definition) is 1. The highest BCUT2D eigenvalue weighted by atomic mass is 16.5. The molecule has 5 rings (SSSR count). The second-order valence-electron chi connectivity index (χ2n) is 9.23. The van der Waals surface area contributed by atoms with Gasteiger partial charge in [-0.15, -0.1) is 0 Å². The number of carbonyl (C=O) groups excluding carboxylic acids is 1. The molecule has 8 heteroatoms. The van der Waals surface area contributed by atoms with Gasteiger partial charge in [-0.05, 0) is 61.7 Å². The summed E-state index contributed by atoms with van der Waals surface area (Å²) < 4.78 is 12.4. The Kier molecular flexibility index (Phi) is 6.56. The van der Waals surface area contributed by atoms with E-state index in [9.17, 15) is 14.7 Å². The molecule has 190 valence electrons. The first kappa shape index (κ1) is 24.4. The van der Waals surface area contributed by atoms with Crippen molar-refractivity contribution < 1.29 is 24.2 Å². The Labute approximate surface area is 215 Å². The molecule has 0 saturated carbocycles. The molecule has 0 unspecified atom stereocenters. The van der Waals surface area contributed by atoms with Crippen LogP contribution in [0, 0.1) is 0 Å².